The highest BCUT2D eigenvalue weighted by Gasteiger charge is 2.05. The van der Waals surface area contributed by atoms with Crippen LogP contribution in [0, 0.1) is 27.7 Å². The van der Waals surface area contributed by atoms with Crippen molar-refractivity contribution in [1.82, 2.24) is 10.9 Å². The molecule has 0 aliphatic carbocycles. The number of carbonyl (C=O) groups excluding carboxylic acids is 2. The Kier molecular flexibility index (Phi) is 12.4. The summed E-state index contributed by atoms with van der Waals surface area (Å²) in [5.74, 6) is -0.411. The number of hydrazone groups is 2. The smallest absolute Gasteiger partial charge is 0.271 e. The van der Waals surface area contributed by atoms with Crippen LogP contribution >= 0.6 is 0 Å². The third-order valence-electron chi connectivity index (χ3n) is 5.33. The van der Waals surface area contributed by atoms with Gasteiger partial charge in [-0.15, -0.1) is 0 Å². The van der Waals surface area contributed by atoms with E-state index in [-0.39, 0.29) is 11.8 Å². The van der Waals surface area contributed by atoms with Crippen molar-refractivity contribution in [2.45, 2.75) is 54.4 Å². The molecule has 0 spiro atoms. The van der Waals surface area contributed by atoms with E-state index in [4.69, 9.17) is 0 Å². The van der Waals surface area contributed by atoms with Gasteiger partial charge in [0.2, 0.25) is 5.91 Å². The van der Waals surface area contributed by atoms with Gasteiger partial charge in [-0.1, -0.05) is 72.5 Å². The monoisotopic (exact) mass is 513 g/mol. The summed E-state index contributed by atoms with van der Waals surface area (Å²) in [6.07, 6.45) is 4.30. The molecule has 0 unspecified atom stereocenters. The SMILES string of the molecule is CC.Cc1cc(C)cc(/C=N/NC(=O)CCCNc2ccc(C(=O)N/N=C/c3cc(C)cc(C)c3)cc2)c1. The quantitative estimate of drug-likeness (QED) is 0.175. The molecule has 0 aliphatic rings. The standard InChI is InChI=1S/C29H33N5O2.C2H6/c1-20-12-21(2)15-24(14-20)18-31-33-28(35)6-5-11-30-27-9-7-26(8-10-27)29(36)34-32-19-25-16-22(3)13-23(4)17-25;1-2/h7-10,12-19,30H,5-6,11H2,1-4H3,(H,33,35)(H,34,36);1-2H3/b31-18+,32-19+;. The first-order valence-corrected chi connectivity index (χ1v) is 12.9. The molecule has 3 aromatic carbocycles. The highest BCUT2D eigenvalue weighted by atomic mass is 16.2. The molecule has 7 heteroatoms. The molecule has 0 atom stereocenters. The molecule has 0 saturated heterocycles. The van der Waals surface area contributed by atoms with E-state index in [9.17, 15) is 9.59 Å². The summed E-state index contributed by atoms with van der Waals surface area (Å²) in [5.41, 5.74) is 13.0. The van der Waals surface area contributed by atoms with Crippen molar-refractivity contribution in [2.24, 2.45) is 10.2 Å². The number of benzene rings is 3. The average Bonchev–Trinajstić information content (AvgIpc) is 2.87. The molecular weight excluding hydrogens is 474 g/mol. The van der Waals surface area contributed by atoms with Crippen LogP contribution in [-0.4, -0.2) is 30.8 Å². The van der Waals surface area contributed by atoms with Crippen LogP contribution in [-0.2, 0) is 4.79 Å². The normalized spacial score (nSPS) is 10.7. The molecule has 7 nitrogen and oxygen atoms in total. The molecule has 0 bridgehead atoms. The van der Waals surface area contributed by atoms with Crippen LogP contribution < -0.4 is 16.2 Å². The second kappa shape index (κ2) is 15.8. The molecule has 3 rings (SSSR count). The Balaban J connectivity index is 0.00000247. The maximum Gasteiger partial charge on any atom is 0.271 e. The number of carbonyl (C=O) groups is 2. The predicted molar refractivity (Wildman–Crippen MR) is 158 cm³/mol. The third-order valence-corrected chi connectivity index (χ3v) is 5.33. The zero-order chi connectivity index (χ0) is 27.9. The van der Waals surface area contributed by atoms with E-state index in [2.05, 4.69) is 38.5 Å². The van der Waals surface area contributed by atoms with E-state index >= 15 is 0 Å². The lowest BCUT2D eigenvalue weighted by molar-refractivity contribution is -0.121. The third kappa shape index (κ3) is 10.8. The largest absolute Gasteiger partial charge is 0.385 e. The van der Waals surface area contributed by atoms with E-state index in [0.717, 1.165) is 39.1 Å². The van der Waals surface area contributed by atoms with Gasteiger partial charge in [-0.2, -0.15) is 10.2 Å². The Morgan fingerprint density at radius 3 is 1.68 bits per heavy atom. The van der Waals surface area contributed by atoms with Crippen LogP contribution in [0.1, 0.15) is 70.4 Å². The van der Waals surface area contributed by atoms with Crippen LogP contribution in [0.3, 0.4) is 0 Å². The molecule has 200 valence electrons. The molecule has 38 heavy (non-hydrogen) atoms. The Bertz CT molecular complexity index is 1220. The first-order valence-electron chi connectivity index (χ1n) is 12.9. The summed E-state index contributed by atoms with van der Waals surface area (Å²) in [6, 6.07) is 19.3. The van der Waals surface area contributed by atoms with Gasteiger partial charge in [0.1, 0.15) is 0 Å². The summed E-state index contributed by atoms with van der Waals surface area (Å²) in [6.45, 7) is 12.7. The fourth-order valence-corrected chi connectivity index (χ4v) is 3.85. The summed E-state index contributed by atoms with van der Waals surface area (Å²) in [7, 11) is 0. The zero-order valence-electron chi connectivity index (χ0n) is 23.3. The molecule has 3 N–H and O–H groups in total. The van der Waals surface area contributed by atoms with Gasteiger partial charge in [0.15, 0.2) is 0 Å². The first kappa shape index (κ1) is 30.0. The van der Waals surface area contributed by atoms with Crippen LogP contribution in [0.5, 0.6) is 0 Å². The van der Waals surface area contributed by atoms with Gasteiger partial charge in [-0.3, -0.25) is 9.59 Å². The minimum Gasteiger partial charge on any atom is -0.385 e. The van der Waals surface area contributed by atoms with Gasteiger partial charge in [-0.05, 0) is 69.5 Å². The Hall–Kier alpha value is -4.26. The predicted octanol–water partition coefficient (Wildman–Crippen LogP) is 6.05. The van der Waals surface area contributed by atoms with Crippen molar-refractivity contribution in [3.63, 3.8) is 0 Å². The van der Waals surface area contributed by atoms with Crippen LogP contribution in [0.25, 0.3) is 0 Å². The summed E-state index contributed by atoms with van der Waals surface area (Å²) >= 11 is 0. The van der Waals surface area contributed by atoms with Gasteiger partial charge < -0.3 is 5.32 Å². The van der Waals surface area contributed by atoms with Crippen molar-refractivity contribution in [1.29, 1.82) is 0 Å². The molecule has 0 aliphatic heterocycles. The molecule has 0 radical (unpaired) electrons. The van der Waals surface area contributed by atoms with Gasteiger partial charge in [0.05, 0.1) is 12.4 Å². The maximum atomic E-state index is 12.3. The lowest BCUT2D eigenvalue weighted by Gasteiger charge is -2.07. The maximum absolute atomic E-state index is 12.3. The molecule has 0 fully saturated rings. The summed E-state index contributed by atoms with van der Waals surface area (Å²) in [4.78, 5) is 24.3. The van der Waals surface area contributed by atoms with Crippen molar-refractivity contribution >= 4 is 29.9 Å². The first-order chi connectivity index (χ1) is 18.3. The van der Waals surface area contributed by atoms with E-state index in [1.807, 2.05) is 77.9 Å². The molecule has 0 saturated carbocycles. The number of aryl methyl sites for hydroxylation is 4. The molecule has 0 heterocycles. The average molecular weight is 514 g/mol. The van der Waals surface area contributed by atoms with E-state index in [1.54, 1.807) is 24.6 Å². The van der Waals surface area contributed by atoms with Crippen LogP contribution in [0.4, 0.5) is 5.69 Å². The lowest BCUT2D eigenvalue weighted by Crippen LogP contribution is -2.18. The fourth-order valence-electron chi connectivity index (χ4n) is 3.85. The molecule has 2 amide bonds. The number of nitrogens with one attached hydrogen (secondary N) is 3. The van der Waals surface area contributed by atoms with Crippen molar-refractivity contribution in [3.8, 4) is 0 Å². The number of hydrogen-bond donors (Lipinski definition) is 3. The number of hydrogen-bond acceptors (Lipinski definition) is 5. The van der Waals surface area contributed by atoms with Gasteiger partial charge >= 0.3 is 0 Å². The van der Waals surface area contributed by atoms with Gasteiger partial charge in [0, 0.05) is 24.2 Å². The number of nitrogens with zero attached hydrogens (tertiary/aromatic N) is 2. The Labute approximate surface area is 226 Å². The zero-order valence-corrected chi connectivity index (χ0v) is 23.3. The van der Waals surface area contributed by atoms with Gasteiger partial charge in [0.25, 0.3) is 5.91 Å². The van der Waals surface area contributed by atoms with E-state index in [0.29, 0.717) is 24.9 Å². The lowest BCUT2D eigenvalue weighted by atomic mass is 10.1. The summed E-state index contributed by atoms with van der Waals surface area (Å²) < 4.78 is 0. The second-order valence-electron chi connectivity index (χ2n) is 8.94. The number of rotatable bonds is 10. The van der Waals surface area contributed by atoms with Crippen molar-refractivity contribution in [3.05, 3.63) is 99.6 Å². The molecular formula is C31H39N5O2. The van der Waals surface area contributed by atoms with Crippen molar-refractivity contribution < 1.29 is 9.59 Å². The minimum atomic E-state index is -0.278. The Morgan fingerprint density at radius 1 is 0.711 bits per heavy atom. The van der Waals surface area contributed by atoms with Crippen LogP contribution in [0.2, 0.25) is 0 Å². The summed E-state index contributed by atoms with van der Waals surface area (Å²) in [5, 5.41) is 11.4. The Morgan fingerprint density at radius 2 is 1.18 bits per heavy atom. The highest BCUT2D eigenvalue weighted by Crippen LogP contribution is 2.11. The topological polar surface area (TPSA) is 95.0 Å². The molecule has 0 aromatic heterocycles. The molecule has 3 aromatic rings. The number of anilines is 1. The van der Waals surface area contributed by atoms with Gasteiger partial charge in [-0.25, -0.2) is 10.9 Å². The van der Waals surface area contributed by atoms with E-state index in [1.165, 1.54) is 0 Å². The highest BCUT2D eigenvalue weighted by molar-refractivity contribution is 5.95. The van der Waals surface area contributed by atoms with E-state index < -0.39 is 0 Å². The minimum absolute atomic E-state index is 0.133. The fraction of sp³-hybridized carbons (Fsp3) is 0.290. The van der Waals surface area contributed by atoms with Crippen LogP contribution in [0.15, 0.2) is 70.9 Å². The second-order valence-corrected chi connectivity index (χ2v) is 8.94. The number of amides is 2. The van der Waals surface area contributed by atoms with Crippen molar-refractivity contribution in [2.75, 3.05) is 11.9 Å².